The highest BCUT2D eigenvalue weighted by atomic mass is 32.2. The fourth-order valence-corrected chi connectivity index (χ4v) is 3.01. The molecule has 17 heavy (non-hydrogen) atoms. The van der Waals surface area contributed by atoms with Gasteiger partial charge in [-0.25, -0.2) is 4.79 Å². The molecule has 0 aromatic rings. The smallest absolute Gasteiger partial charge is 0.317 e. The molecule has 5 heteroatoms. The van der Waals surface area contributed by atoms with Crippen LogP contribution in [0.25, 0.3) is 0 Å². The number of amides is 2. The maximum atomic E-state index is 11.9. The third-order valence-electron chi connectivity index (χ3n) is 2.93. The van der Waals surface area contributed by atoms with Gasteiger partial charge < -0.3 is 15.0 Å². The molecule has 1 aliphatic rings. The number of unbranched alkanes of at least 4 members (excludes halogenated alkanes) is 1. The predicted octanol–water partition coefficient (Wildman–Crippen LogP) is 1.95. The number of nitrogens with one attached hydrogen (secondary N) is 1. The Balaban J connectivity index is 2.14. The van der Waals surface area contributed by atoms with E-state index in [0.29, 0.717) is 5.25 Å². The highest BCUT2D eigenvalue weighted by Crippen LogP contribution is 2.20. The molecule has 1 saturated heterocycles. The predicted molar refractivity (Wildman–Crippen MR) is 72.6 cm³/mol. The van der Waals surface area contributed by atoms with Crippen LogP contribution in [0, 0.1) is 0 Å². The van der Waals surface area contributed by atoms with Gasteiger partial charge in [-0.15, -0.1) is 0 Å². The summed E-state index contributed by atoms with van der Waals surface area (Å²) < 4.78 is 4.97. The van der Waals surface area contributed by atoms with Crippen molar-refractivity contribution in [2.75, 3.05) is 39.1 Å². The molecule has 0 bridgehead atoms. The van der Waals surface area contributed by atoms with Crippen molar-refractivity contribution in [1.82, 2.24) is 10.2 Å². The minimum Gasteiger partial charge on any atom is -0.385 e. The summed E-state index contributed by atoms with van der Waals surface area (Å²) in [5.74, 6) is 1.07. The molecule has 1 heterocycles. The number of thioether (sulfide) groups is 1. The standard InChI is InChI=1S/C12H24N2O2S/c1-3-11-10-14(7-9-17-11)12(15)13-6-4-5-8-16-2/h11H,3-10H2,1-2H3,(H,13,15). The average Bonchev–Trinajstić information content (AvgIpc) is 2.38. The fraction of sp³-hybridized carbons (Fsp3) is 0.917. The summed E-state index contributed by atoms with van der Waals surface area (Å²) in [6.45, 7) is 5.48. The molecule has 0 aromatic carbocycles. The Morgan fingerprint density at radius 3 is 3.06 bits per heavy atom. The van der Waals surface area contributed by atoms with Crippen LogP contribution in [0.15, 0.2) is 0 Å². The minimum absolute atomic E-state index is 0.0983. The van der Waals surface area contributed by atoms with E-state index in [0.717, 1.165) is 51.3 Å². The first kappa shape index (κ1) is 14.6. The molecule has 1 fully saturated rings. The third-order valence-corrected chi connectivity index (χ3v) is 4.30. The molecule has 1 unspecified atom stereocenters. The zero-order chi connectivity index (χ0) is 12.5. The molecule has 0 saturated carbocycles. The van der Waals surface area contributed by atoms with Gasteiger partial charge >= 0.3 is 6.03 Å². The van der Waals surface area contributed by atoms with Crippen molar-refractivity contribution in [3.05, 3.63) is 0 Å². The number of ether oxygens (including phenoxy) is 1. The van der Waals surface area contributed by atoms with E-state index in [-0.39, 0.29) is 6.03 Å². The average molecular weight is 260 g/mol. The third kappa shape index (κ3) is 5.64. The molecule has 4 nitrogen and oxygen atoms in total. The lowest BCUT2D eigenvalue weighted by atomic mass is 10.3. The molecular weight excluding hydrogens is 236 g/mol. The Labute approximate surface area is 108 Å². The number of hydrogen-bond acceptors (Lipinski definition) is 3. The maximum Gasteiger partial charge on any atom is 0.317 e. The summed E-state index contributed by atoms with van der Waals surface area (Å²) in [4.78, 5) is 13.8. The number of carbonyl (C=O) groups excluding carboxylic acids is 1. The molecule has 0 aliphatic carbocycles. The summed E-state index contributed by atoms with van der Waals surface area (Å²) in [5.41, 5.74) is 0. The van der Waals surface area contributed by atoms with Crippen LogP contribution in [-0.2, 0) is 4.74 Å². The van der Waals surface area contributed by atoms with E-state index in [1.54, 1.807) is 7.11 Å². The monoisotopic (exact) mass is 260 g/mol. The fourth-order valence-electron chi connectivity index (χ4n) is 1.83. The van der Waals surface area contributed by atoms with E-state index in [4.69, 9.17) is 4.74 Å². The van der Waals surface area contributed by atoms with Crippen LogP contribution < -0.4 is 5.32 Å². The first-order valence-corrected chi connectivity index (χ1v) is 7.46. The van der Waals surface area contributed by atoms with Crippen molar-refractivity contribution in [1.29, 1.82) is 0 Å². The van der Waals surface area contributed by atoms with Gasteiger partial charge in [0.15, 0.2) is 0 Å². The minimum atomic E-state index is 0.0983. The lowest BCUT2D eigenvalue weighted by molar-refractivity contribution is 0.188. The zero-order valence-corrected chi connectivity index (χ0v) is 11.7. The maximum absolute atomic E-state index is 11.9. The Kier molecular flexibility index (Phi) is 7.44. The number of methoxy groups -OCH3 is 1. The molecule has 0 aromatic heterocycles. The molecule has 0 radical (unpaired) electrons. The lowest BCUT2D eigenvalue weighted by Crippen LogP contribution is -2.47. The number of urea groups is 1. The van der Waals surface area contributed by atoms with E-state index in [1.165, 1.54) is 0 Å². The van der Waals surface area contributed by atoms with Crippen LogP contribution in [0.1, 0.15) is 26.2 Å². The Bertz CT molecular complexity index is 227. The highest BCUT2D eigenvalue weighted by Gasteiger charge is 2.22. The Hall–Kier alpha value is -0.420. The van der Waals surface area contributed by atoms with Crippen LogP contribution in [0.5, 0.6) is 0 Å². The van der Waals surface area contributed by atoms with Crippen LogP contribution in [0.4, 0.5) is 4.79 Å². The van der Waals surface area contributed by atoms with Gasteiger partial charge in [0, 0.05) is 44.4 Å². The van der Waals surface area contributed by atoms with Crippen LogP contribution >= 0.6 is 11.8 Å². The van der Waals surface area contributed by atoms with Crippen molar-refractivity contribution >= 4 is 17.8 Å². The first-order chi connectivity index (χ1) is 8.27. The van der Waals surface area contributed by atoms with Crippen molar-refractivity contribution < 1.29 is 9.53 Å². The van der Waals surface area contributed by atoms with Crippen molar-refractivity contribution in [2.45, 2.75) is 31.4 Å². The second kappa shape index (κ2) is 8.64. The molecule has 1 atom stereocenters. The van der Waals surface area contributed by atoms with Gasteiger partial charge in [-0.05, 0) is 19.3 Å². The van der Waals surface area contributed by atoms with Crippen LogP contribution in [0.2, 0.25) is 0 Å². The van der Waals surface area contributed by atoms with Crippen molar-refractivity contribution in [3.8, 4) is 0 Å². The Morgan fingerprint density at radius 1 is 1.53 bits per heavy atom. The summed E-state index contributed by atoms with van der Waals surface area (Å²) in [7, 11) is 1.70. The van der Waals surface area contributed by atoms with Gasteiger partial charge in [0.25, 0.3) is 0 Å². The van der Waals surface area contributed by atoms with Crippen molar-refractivity contribution in [3.63, 3.8) is 0 Å². The second-order valence-electron chi connectivity index (χ2n) is 4.28. The summed E-state index contributed by atoms with van der Waals surface area (Å²) in [6, 6.07) is 0.0983. The van der Waals surface area contributed by atoms with Gasteiger partial charge in [-0.3, -0.25) is 0 Å². The van der Waals surface area contributed by atoms with Gasteiger partial charge in [-0.2, -0.15) is 11.8 Å². The number of nitrogens with zero attached hydrogens (tertiary/aromatic N) is 1. The number of hydrogen-bond donors (Lipinski definition) is 1. The van der Waals surface area contributed by atoms with E-state index in [9.17, 15) is 4.79 Å². The molecular formula is C12H24N2O2S. The molecule has 2 amide bonds. The van der Waals surface area contributed by atoms with Gasteiger partial charge in [0.2, 0.25) is 0 Å². The zero-order valence-electron chi connectivity index (χ0n) is 10.9. The quantitative estimate of drug-likeness (QED) is 0.742. The lowest BCUT2D eigenvalue weighted by Gasteiger charge is -2.31. The molecule has 1 aliphatic heterocycles. The van der Waals surface area contributed by atoms with E-state index >= 15 is 0 Å². The largest absolute Gasteiger partial charge is 0.385 e. The molecule has 0 spiro atoms. The van der Waals surface area contributed by atoms with Crippen LogP contribution in [0.3, 0.4) is 0 Å². The first-order valence-electron chi connectivity index (χ1n) is 6.41. The molecule has 1 rings (SSSR count). The van der Waals surface area contributed by atoms with Crippen LogP contribution in [-0.4, -0.2) is 55.3 Å². The van der Waals surface area contributed by atoms with E-state index in [2.05, 4.69) is 12.2 Å². The van der Waals surface area contributed by atoms with Gasteiger partial charge in [0.1, 0.15) is 0 Å². The highest BCUT2D eigenvalue weighted by molar-refractivity contribution is 8.00. The van der Waals surface area contributed by atoms with E-state index < -0.39 is 0 Å². The van der Waals surface area contributed by atoms with Gasteiger partial charge in [0.05, 0.1) is 0 Å². The summed E-state index contributed by atoms with van der Waals surface area (Å²) in [6.07, 6.45) is 3.13. The molecule has 100 valence electrons. The van der Waals surface area contributed by atoms with Crippen molar-refractivity contribution in [2.24, 2.45) is 0 Å². The number of rotatable bonds is 6. The summed E-state index contributed by atoms with van der Waals surface area (Å²) >= 11 is 1.98. The normalized spacial score (nSPS) is 20.4. The number of carbonyl (C=O) groups is 1. The topological polar surface area (TPSA) is 41.6 Å². The SMILES string of the molecule is CCC1CN(C(=O)NCCCCOC)CCS1. The summed E-state index contributed by atoms with van der Waals surface area (Å²) in [5, 5.41) is 3.59. The Morgan fingerprint density at radius 2 is 2.35 bits per heavy atom. The van der Waals surface area contributed by atoms with E-state index in [1.807, 2.05) is 16.7 Å². The second-order valence-corrected chi connectivity index (χ2v) is 5.69. The molecule has 1 N–H and O–H groups in total. The van der Waals surface area contributed by atoms with Gasteiger partial charge in [-0.1, -0.05) is 6.92 Å².